The summed E-state index contributed by atoms with van der Waals surface area (Å²) in [6, 6.07) is 8.14. The normalized spacial score (nSPS) is 16.9. The first-order valence-electron chi connectivity index (χ1n) is 7.40. The van der Waals surface area contributed by atoms with Gasteiger partial charge >= 0.3 is 6.03 Å². The number of thioether (sulfide) groups is 1. The topological polar surface area (TPSA) is 71.8 Å². The van der Waals surface area contributed by atoms with Gasteiger partial charge in [0, 0.05) is 17.2 Å². The Labute approximate surface area is 133 Å². The number of carbonyl (C=O) groups excluding carboxylic acids is 1. The number of urea groups is 1. The van der Waals surface area contributed by atoms with Crippen molar-refractivity contribution in [2.45, 2.75) is 37.4 Å². The zero-order chi connectivity index (χ0) is 15.4. The second-order valence-electron chi connectivity index (χ2n) is 5.09. The first-order chi connectivity index (χ1) is 10.8. The minimum atomic E-state index is -0.169. The first-order valence-corrected chi connectivity index (χ1v) is 8.39. The van der Waals surface area contributed by atoms with Crippen LogP contribution in [-0.4, -0.2) is 26.5 Å². The molecule has 0 bridgehead atoms. The molecule has 0 saturated carbocycles. The Kier molecular flexibility index (Phi) is 4.62. The zero-order valence-electron chi connectivity index (χ0n) is 12.5. The van der Waals surface area contributed by atoms with E-state index in [-0.39, 0.29) is 12.1 Å². The van der Waals surface area contributed by atoms with Gasteiger partial charge in [0.05, 0.1) is 12.6 Å². The average molecular weight is 317 g/mol. The highest BCUT2D eigenvalue weighted by atomic mass is 32.2. The van der Waals surface area contributed by atoms with Crippen LogP contribution >= 0.6 is 11.8 Å². The third-order valence-electron chi connectivity index (χ3n) is 3.71. The van der Waals surface area contributed by atoms with Crippen LogP contribution in [0.1, 0.15) is 30.8 Å². The van der Waals surface area contributed by atoms with Crippen LogP contribution in [-0.2, 0) is 13.1 Å². The Morgan fingerprint density at radius 2 is 2.32 bits per heavy atom. The van der Waals surface area contributed by atoms with Crippen molar-refractivity contribution in [1.29, 1.82) is 0 Å². The predicted octanol–water partition coefficient (Wildman–Crippen LogP) is 2.33. The molecule has 1 aliphatic heterocycles. The van der Waals surface area contributed by atoms with E-state index in [4.69, 9.17) is 0 Å². The quantitative estimate of drug-likeness (QED) is 0.908. The summed E-state index contributed by atoms with van der Waals surface area (Å²) in [7, 11) is 0. The number of aryl methyl sites for hydroxylation is 1. The number of hydrogen-bond donors (Lipinski definition) is 2. The Hall–Kier alpha value is -2.02. The Bertz CT molecular complexity index is 657. The van der Waals surface area contributed by atoms with E-state index < -0.39 is 0 Å². The third kappa shape index (κ3) is 3.24. The van der Waals surface area contributed by atoms with Crippen LogP contribution in [0.25, 0.3) is 0 Å². The molecule has 0 radical (unpaired) electrons. The molecular weight excluding hydrogens is 298 g/mol. The third-order valence-corrected chi connectivity index (χ3v) is 4.83. The lowest BCUT2D eigenvalue weighted by molar-refractivity contribution is 0.235. The highest BCUT2D eigenvalue weighted by Gasteiger charge is 2.21. The lowest BCUT2D eigenvalue weighted by Gasteiger charge is -2.25. The summed E-state index contributed by atoms with van der Waals surface area (Å²) in [5.74, 6) is 1.78. The SMILES string of the molecule is CCn1cnnc1CNC(=O)NC1CCSc2ccccc21. The van der Waals surface area contributed by atoms with Crippen molar-refractivity contribution in [1.82, 2.24) is 25.4 Å². The number of aromatic nitrogens is 3. The van der Waals surface area contributed by atoms with E-state index in [0.717, 1.165) is 24.5 Å². The van der Waals surface area contributed by atoms with E-state index in [1.54, 1.807) is 6.33 Å². The molecule has 0 fully saturated rings. The van der Waals surface area contributed by atoms with Gasteiger partial charge in [0.2, 0.25) is 0 Å². The first kappa shape index (κ1) is 14.9. The number of carbonyl (C=O) groups is 1. The molecule has 2 aromatic rings. The van der Waals surface area contributed by atoms with Crippen LogP contribution in [0.3, 0.4) is 0 Å². The molecule has 1 atom stereocenters. The molecule has 1 aromatic carbocycles. The molecular formula is C15H19N5OS. The summed E-state index contributed by atoms with van der Waals surface area (Å²) < 4.78 is 1.91. The van der Waals surface area contributed by atoms with E-state index in [0.29, 0.717) is 6.54 Å². The van der Waals surface area contributed by atoms with Crippen LogP contribution in [0.2, 0.25) is 0 Å². The number of nitrogens with zero attached hydrogens (tertiary/aromatic N) is 3. The molecule has 0 spiro atoms. The van der Waals surface area contributed by atoms with Crippen LogP contribution in [0.15, 0.2) is 35.5 Å². The van der Waals surface area contributed by atoms with Crippen molar-refractivity contribution in [2.75, 3.05) is 5.75 Å². The summed E-state index contributed by atoms with van der Waals surface area (Å²) in [6.07, 6.45) is 2.61. The van der Waals surface area contributed by atoms with Gasteiger partial charge in [-0.3, -0.25) is 0 Å². The van der Waals surface area contributed by atoms with Crippen molar-refractivity contribution in [3.05, 3.63) is 42.0 Å². The molecule has 7 heteroatoms. The monoisotopic (exact) mass is 317 g/mol. The van der Waals surface area contributed by atoms with Gasteiger partial charge < -0.3 is 15.2 Å². The van der Waals surface area contributed by atoms with E-state index in [9.17, 15) is 4.79 Å². The van der Waals surface area contributed by atoms with Gasteiger partial charge in [-0.15, -0.1) is 22.0 Å². The Morgan fingerprint density at radius 1 is 1.45 bits per heavy atom. The maximum absolute atomic E-state index is 12.1. The number of rotatable bonds is 4. The molecule has 2 heterocycles. The van der Waals surface area contributed by atoms with Gasteiger partial charge in [-0.25, -0.2) is 4.79 Å². The molecule has 3 rings (SSSR count). The van der Waals surface area contributed by atoms with E-state index in [2.05, 4.69) is 33.0 Å². The summed E-state index contributed by atoms with van der Waals surface area (Å²) in [5, 5.41) is 13.8. The van der Waals surface area contributed by atoms with Crippen LogP contribution in [0.5, 0.6) is 0 Å². The van der Waals surface area contributed by atoms with Crippen molar-refractivity contribution in [2.24, 2.45) is 0 Å². The number of amides is 2. The van der Waals surface area contributed by atoms with E-state index in [1.165, 1.54) is 10.5 Å². The molecule has 1 aromatic heterocycles. The van der Waals surface area contributed by atoms with Crippen molar-refractivity contribution in [3.8, 4) is 0 Å². The molecule has 6 nitrogen and oxygen atoms in total. The fourth-order valence-corrected chi connectivity index (χ4v) is 3.67. The van der Waals surface area contributed by atoms with E-state index in [1.807, 2.05) is 35.4 Å². The van der Waals surface area contributed by atoms with Gasteiger partial charge in [-0.2, -0.15) is 0 Å². The zero-order valence-corrected chi connectivity index (χ0v) is 13.3. The standard InChI is InChI=1S/C15H19N5OS/c1-2-20-10-17-19-14(20)9-16-15(21)18-12-7-8-22-13-6-4-3-5-11(12)13/h3-6,10,12H,2,7-9H2,1H3,(H2,16,18,21). The number of benzene rings is 1. The summed E-state index contributed by atoms with van der Waals surface area (Å²) >= 11 is 1.84. The van der Waals surface area contributed by atoms with Gasteiger partial charge in [-0.1, -0.05) is 18.2 Å². The second kappa shape index (κ2) is 6.83. The molecule has 116 valence electrons. The minimum Gasteiger partial charge on any atom is -0.331 e. The maximum Gasteiger partial charge on any atom is 0.315 e. The second-order valence-corrected chi connectivity index (χ2v) is 6.22. The smallest absolute Gasteiger partial charge is 0.315 e. The molecule has 1 aliphatic rings. The molecule has 0 aliphatic carbocycles. The lowest BCUT2D eigenvalue weighted by Crippen LogP contribution is -2.39. The van der Waals surface area contributed by atoms with Gasteiger partial charge in [0.25, 0.3) is 0 Å². The Morgan fingerprint density at radius 3 is 3.18 bits per heavy atom. The van der Waals surface area contributed by atoms with E-state index >= 15 is 0 Å². The number of fused-ring (bicyclic) bond motifs is 1. The lowest BCUT2D eigenvalue weighted by atomic mass is 10.0. The minimum absolute atomic E-state index is 0.0708. The van der Waals surface area contributed by atoms with Gasteiger partial charge in [0.15, 0.2) is 5.82 Å². The van der Waals surface area contributed by atoms with Crippen molar-refractivity contribution < 1.29 is 4.79 Å². The van der Waals surface area contributed by atoms with Crippen LogP contribution in [0, 0.1) is 0 Å². The van der Waals surface area contributed by atoms with Crippen LogP contribution in [0.4, 0.5) is 4.79 Å². The molecule has 22 heavy (non-hydrogen) atoms. The highest BCUT2D eigenvalue weighted by molar-refractivity contribution is 7.99. The number of hydrogen-bond acceptors (Lipinski definition) is 4. The fraction of sp³-hybridized carbons (Fsp3) is 0.400. The molecule has 0 saturated heterocycles. The molecule has 2 N–H and O–H groups in total. The molecule has 1 unspecified atom stereocenters. The largest absolute Gasteiger partial charge is 0.331 e. The summed E-state index contributed by atoms with van der Waals surface area (Å²) in [5.41, 5.74) is 1.20. The van der Waals surface area contributed by atoms with Crippen LogP contribution < -0.4 is 10.6 Å². The maximum atomic E-state index is 12.1. The summed E-state index contributed by atoms with van der Waals surface area (Å²) in [6.45, 7) is 3.19. The van der Waals surface area contributed by atoms with Gasteiger partial charge in [0.1, 0.15) is 6.33 Å². The predicted molar refractivity (Wildman–Crippen MR) is 85.6 cm³/mol. The summed E-state index contributed by atoms with van der Waals surface area (Å²) in [4.78, 5) is 13.4. The average Bonchev–Trinajstić information content (AvgIpc) is 3.01. The van der Waals surface area contributed by atoms with Crippen molar-refractivity contribution >= 4 is 17.8 Å². The highest BCUT2D eigenvalue weighted by Crippen LogP contribution is 2.35. The van der Waals surface area contributed by atoms with Gasteiger partial charge in [-0.05, 0) is 25.0 Å². The van der Waals surface area contributed by atoms with Crippen molar-refractivity contribution in [3.63, 3.8) is 0 Å². The molecule has 2 amide bonds. The Balaban J connectivity index is 1.59. The number of nitrogens with one attached hydrogen (secondary N) is 2. The fourth-order valence-electron chi connectivity index (χ4n) is 2.54.